The van der Waals surface area contributed by atoms with Crippen molar-refractivity contribution in [2.75, 3.05) is 40.0 Å². The van der Waals surface area contributed by atoms with Gasteiger partial charge in [-0.2, -0.15) is 0 Å². The number of ether oxygens (including phenoxy) is 3. The van der Waals surface area contributed by atoms with E-state index >= 15 is 0 Å². The maximum absolute atomic E-state index is 13.1. The molecule has 2 aliphatic heterocycles. The Morgan fingerprint density at radius 3 is 2.56 bits per heavy atom. The van der Waals surface area contributed by atoms with Crippen LogP contribution in [0.4, 0.5) is 4.79 Å². The second-order valence-electron chi connectivity index (χ2n) is 8.57. The van der Waals surface area contributed by atoms with Gasteiger partial charge in [0.1, 0.15) is 0 Å². The summed E-state index contributed by atoms with van der Waals surface area (Å²) in [6, 6.07) is 14.7. The largest absolute Gasteiger partial charge is 0.493 e. The molecular weight excluding hydrogens is 458 g/mol. The van der Waals surface area contributed by atoms with Crippen molar-refractivity contribution in [3.05, 3.63) is 77.0 Å². The second kappa shape index (κ2) is 11.8. The topological polar surface area (TPSA) is 89.1 Å². The predicted molar refractivity (Wildman–Crippen MR) is 138 cm³/mol. The van der Waals surface area contributed by atoms with Crippen LogP contribution in [0.2, 0.25) is 0 Å². The first kappa shape index (κ1) is 25.3. The number of methoxy groups -OCH3 is 1. The Kier molecular flexibility index (Phi) is 8.28. The molecule has 0 bridgehead atoms. The smallest absolute Gasteiger partial charge is 0.338 e. The van der Waals surface area contributed by atoms with Crippen molar-refractivity contribution in [1.29, 1.82) is 0 Å². The number of carbonyl (C=O) groups excluding carboxylic acids is 2. The fraction of sp³-hybridized carbons (Fsp3) is 0.357. The SMILES string of the molecule is CCOC(=O)C1=C(CN2CC=C(c3ccccc3)CC2)NC(=O)NC1c1ccc(OCC)c(OC)c1. The average Bonchev–Trinajstić information content (AvgIpc) is 2.90. The summed E-state index contributed by atoms with van der Waals surface area (Å²) in [5, 5.41) is 5.75. The van der Waals surface area contributed by atoms with E-state index in [1.54, 1.807) is 26.2 Å². The number of nitrogens with zero attached hydrogens (tertiary/aromatic N) is 1. The number of amides is 2. The van der Waals surface area contributed by atoms with E-state index in [1.165, 1.54) is 11.1 Å². The molecule has 36 heavy (non-hydrogen) atoms. The molecule has 1 atom stereocenters. The van der Waals surface area contributed by atoms with Crippen LogP contribution in [0.5, 0.6) is 11.5 Å². The number of carbonyl (C=O) groups is 2. The lowest BCUT2D eigenvalue weighted by atomic mass is 9.94. The van der Waals surface area contributed by atoms with Crippen LogP contribution in [0.3, 0.4) is 0 Å². The summed E-state index contributed by atoms with van der Waals surface area (Å²) in [5.74, 6) is 0.664. The molecule has 2 amide bonds. The molecule has 2 heterocycles. The Balaban J connectivity index is 1.64. The van der Waals surface area contributed by atoms with Gasteiger partial charge in [-0.05, 0) is 49.1 Å². The molecule has 2 aliphatic rings. The normalized spacial score (nSPS) is 18.1. The lowest BCUT2D eigenvalue weighted by Gasteiger charge is -2.33. The van der Waals surface area contributed by atoms with Gasteiger partial charge in [0, 0.05) is 25.3 Å². The van der Waals surface area contributed by atoms with Gasteiger partial charge in [-0.1, -0.05) is 42.5 Å². The van der Waals surface area contributed by atoms with Crippen LogP contribution in [0.25, 0.3) is 5.57 Å². The number of esters is 1. The molecule has 8 nitrogen and oxygen atoms in total. The molecule has 2 N–H and O–H groups in total. The lowest BCUT2D eigenvalue weighted by Crippen LogP contribution is -2.48. The van der Waals surface area contributed by atoms with Crippen LogP contribution >= 0.6 is 0 Å². The average molecular weight is 492 g/mol. The monoisotopic (exact) mass is 491 g/mol. The number of hydrogen-bond donors (Lipinski definition) is 2. The summed E-state index contributed by atoms with van der Waals surface area (Å²) < 4.78 is 16.5. The molecule has 0 fully saturated rings. The molecule has 2 aromatic rings. The van der Waals surface area contributed by atoms with Crippen molar-refractivity contribution in [1.82, 2.24) is 15.5 Å². The summed E-state index contributed by atoms with van der Waals surface area (Å²) in [4.78, 5) is 28.0. The van der Waals surface area contributed by atoms with E-state index < -0.39 is 12.0 Å². The Labute approximate surface area is 211 Å². The maximum Gasteiger partial charge on any atom is 0.338 e. The number of hydrogen-bond acceptors (Lipinski definition) is 6. The number of nitrogens with one attached hydrogen (secondary N) is 2. The minimum absolute atomic E-state index is 0.232. The third kappa shape index (κ3) is 5.71. The fourth-order valence-electron chi connectivity index (χ4n) is 4.57. The van der Waals surface area contributed by atoms with Gasteiger partial charge in [0.25, 0.3) is 0 Å². The number of benzene rings is 2. The number of urea groups is 1. The molecule has 0 aromatic heterocycles. The van der Waals surface area contributed by atoms with E-state index in [0.29, 0.717) is 48.0 Å². The van der Waals surface area contributed by atoms with Crippen LogP contribution in [0.15, 0.2) is 65.9 Å². The van der Waals surface area contributed by atoms with Crippen LogP contribution in [0.1, 0.15) is 37.4 Å². The quantitative estimate of drug-likeness (QED) is 0.515. The first-order chi connectivity index (χ1) is 17.5. The lowest BCUT2D eigenvalue weighted by molar-refractivity contribution is -0.139. The van der Waals surface area contributed by atoms with E-state index in [0.717, 1.165) is 13.0 Å². The van der Waals surface area contributed by atoms with Crippen molar-refractivity contribution < 1.29 is 23.8 Å². The predicted octanol–water partition coefficient (Wildman–Crippen LogP) is 4.05. The molecule has 0 saturated heterocycles. The molecular formula is C28H33N3O5. The van der Waals surface area contributed by atoms with Crippen LogP contribution in [-0.2, 0) is 9.53 Å². The van der Waals surface area contributed by atoms with E-state index in [9.17, 15) is 9.59 Å². The molecule has 1 unspecified atom stereocenters. The summed E-state index contributed by atoms with van der Waals surface area (Å²) in [6.45, 7) is 6.34. The third-order valence-electron chi connectivity index (χ3n) is 6.29. The fourth-order valence-corrected chi connectivity index (χ4v) is 4.57. The van der Waals surface area contributed by atoms with E-state index in [-0.39, 0.29) is 12.6 Å². The molecule has 0 radical (unpaired) electrons. The Morgan fingerprint density at radius 1 is 1.08 bits per heavy atom. The summed E-state index contributed by atoms with van der Waals surface area (Å²) >= 11 is 0. The van der Waals surface area contributed by atoms with E-state index in [4.69, 9.17) is 14.2 Å². The highest BCUT2D eigenvalue weighted by Crippen LogP contribution is 2.35. The van der Waals surface area contributed by atoms with Crippen LogP contribution < -0.4 is 20.1 Å². The summed E-state index contributed by atoms with van der Waals surface area (Å²) in [6.07, 6.45) is 3.10. The zero-order valence-electron chi connectivity index (χ0n) is 21.0. The van der Waals surface area contributed by atoms with Crippen molar-refractivity contribution in [3.8, 4) is 11.5 Å². The van der Waals surface area contributed by atoms with Gasteiger partial charge in [-0.25, -0.2) is 9.59 Å². The Hall–Kier alpha value is -3.78. The molecule has 0 saturated carbocycles. The van der Waals surface area contributed by atoms with Gasteiger partial charge in [0.05, 0.1) is 31.9 Å². The zero-order chi connectivity index (χ0) is 25.5. The summed E-state index contributed by atoms with van der Waals surface area (Å²) in [5.41, 5.74) is 4.17. The van der Waals surface area contributed by atoms with Crippen LogP contribution in [0, 0.1) is 0 Å². The van der Waals surface area contributed by atoms with Crippen LogP contribution in [-0.4, -0.2) is 56.9 Å². The minimum atomic E-state index is -0.683. The Morgan fingerprint density at radius 2 is 1.89 bits per heavy atom. The molecule has 190 valence electrons. The molecule has 0 aliphatic carbocycles. The highest BCUT2D eigenvalue weighted by atomic mass is 16.5. The van der Waals surface area contributed by atoms with Crippen molar-refractivity contribution >= 4 is 17.6 Å². The van der Waals surface area contributed by atoms with E-state index in [2.05, 4.69) is 33.7 Å². The first-order valence-electron chi connectivity index (χ1n) is 12.3. The zero-order valence-corrected chi connectivity index (χ0v) is 21.0. The molecule has 0 spiro atoms. The maximum atomic E-state index is 13.1. The minimum Gasteiger partial charge on any atom is -0.493 e. The first-order valence-corrected chi connectivity index (χ1v) is 12.3. The van der Waals surface area contributed by atoms with E-state index in [1.807, 2.05) is 31.2 Å². The molecule has 4 rings (SSSR count). The Bertz CT molecular complexity index is 1160. The summed E-state index contributed by atoms with van der Waals surface area (Å²) in [7, 11) is 1.56. The van der Waals surface area contributed by atoms with Gasteiger partial charge >= 0.3 is 12.0 Å². The standard InChI is InChI=1S/C28H33N3O5/c1-4-35-23-12-11-21(17-24(23)34-3)26-25(27(32)36-5-2)22(29-28(33)30-26)18-31-15-13-20(14-16-31)19-9-7-6-8-10-19/h6-13,17,26H,4-5,14-16,18H2,1-3H3,(H2,29,30,33). The highest BCUT2D eigenvalue weighted by Gasteiger charge is 2.35. The molecule has 2 aromatic carbocycles. The highest BCUT2D eigenvalue weighted by molar-refractivity contribution is 5.95. The van der Waals surface area contributed by atoms with Crippen molar-refractivity contribution in [2.45, 2.75) is 26.3 Å². The van der Waals surface area contributed by atoms with Gasteiger partial charge in [0.15, 0.2) is 11.5 Å². The third-order valence-corrected chi connectivity index (χ3v) is 6.29. The van der Waals surface area contributed by atoms with Gasteiger partial charge < -0.3 is 24.8 Å². The van der Waals surface area contributed by atoms with Gasteiger partial charge in [-0.15, -0.1) is 0 Å². The number of rotatable bonds is 9. The van der Waals surface area contributed by atoms with Gasteiger partial charge in [0.2, 0.25) is 0 Å². The van der Waals surface area contributed by atoms with Crippen molar-refractivity contribution in [3.63, 3.8) is 0 Å². The van der Waals surface area contributed by atoms with Crippen molar-refractivity contribution in [2.24, 2.45) is 0 Å². The second-order valence-corrected chi connectivity index (χ2v) is 8.57. The van der Waals surface area contributed by atoms with Gasteiger partial charge in [-0.3, -0.25) is 4.90 Å². The molecule has 8 heteroatoms.